The van der Waals surface area contributed by atoms with Gasteiger partial charge in [-0.2, -0.15) is 0 Å². The minimum atomic E-state index is -1.19. The van der Waals surface area contributed by atoms with Gasteiger partial charge in [0.1, 0.15) is 28.8 Å². The van der Waals surface area contributed by atoms with Crippen LogP contribution in [0.2, 0.25) is 0 Å². The minimum absolute atomic E-state index is 0.000920. The van der Waals surface area contributed by atoms with E-state index in [-0.39, 0.29) is 23.6 Å². The van der Waals surface area contributed by atoms with E-state index in [1.807, 2.05) is 6.92 Å². The number of carboxylic acid groups (broad SMARTS) is 1. The second kappa shape index (κ2) is 10.3. The lowest BCUT2D eigenvalue weighted by atomic mass is 9.75. The molecule has 0 bridgehead atoms. The molecule has 0 radical (unpaired) electrons. The molecule has 0 aliphatic heterocycles. The number of anilines is 1. The molecule has 0 spiro atoms. The van der Waals surface area contributed by atoms with Gasteiger partial charge in [0.25, 0.3) is 5.91 Å². The van der Waals surface area contributed by atoms with E-state index in [0.29, 0.717) is 24.9 Å². The van der Waals surface area contributed by atoms with Crippen molar-refractivity contribution in [3.63, 3.8) is 0 Å². The summed E-state index contributed by atoms with van der Waals surface area (Å²) in [7, 11) is 0. The molecule has 2 aromatic heterocycles. The number of hydrogen-bond donors (Lipinski definition) is 3. The summed E-state index contributed by atoms with van der Waals surface area (Å²) in [5.41, 5.74) is -0.300. The highest BCUT2D eigenvalue weighted by molar-refractivity contribution is 6.03. The fraction of sp³-hybridized carbons (Fsp3) is 0.280. The lowest BCUT2D eigenvalue weighted by Gasteiger charge is -2.38. The Hall–Kier alpha value is -3.99. The van der Waals surface area contributed by atoms with E-state index >= 15 is 0 Å². The number of aromatic nitrogens is 2. The van der Waals surface area contributed by atoms with E-state index in [1.165, 1.54) is 6.20 Å². The zero-order valence-corrected chi connectivity index (χ0v) is 19.3. The van der Waals surface area contributed by atoms with Crippen LogP contribution in [0, 0.1) is 23.4 Å². The van der Waals surface area contributed by atoms with Gasteiger partial charge in [0.15, 0.2) is 0 Å². The average Bonchev–Trinajstić information content (AvgIpc) is 2.84. The molecule has 188 valence electrons. The highest BCUT2D eigenvalue weighted by atomic mass is 19.1. The van der Waals surface area contributed by atoms with Crippen LogP contribution in [0.1, 0.15) is 48.2 Å². The van der Waals surface area contributed by atoms with Crippen molar-refractivity contribution in [2.75, 3.05) is 5.32 Å². The standard InChI is InChI=1S/C25H24F3N5O3/c1-13-11-14(5-8-21(13)33(29)25(35)36)15-9-10-30-12-20(15)32-24(34)19-7-6-18(28)23(31-19)22-16(26)3-2-4-17(22)27/h2-4,6-7,9-10,12-14,21H,5,8,11,29H2,1H3,(H,32,34)(H,35,36)/t13-,14+,21?/m1/s1. The van der Waals surface area contributed by atoms with Crippen molar-refractivity contribution in [3.05, 3.63) is 77.5 Å². The molecule has 1 aliphatic carbocycles. The van der Waals surface area contributed by atoms with Crippen molar-refractivity contribution in [2.45, 2.75) is 38.1 Å². The second-order valence-electron chi connectivity index (χ2n) is 8.79. The van der Waals surface area contributed by atoms with E-state index in [1.54, 1.807) is 12.3 Å². The normalized spacial score (nSPS) is 19.5. The zero-order valence-electron chi connectivity index (χ0n) is 19.3. The van der Waals surface area contributed by atoms with Crippen molar-refractivity contribution in [2.24, 2.45) is 11.8 Å². The number of pyridine rings is 2. The molecule has 2 amide bonds. The van der Waals surface area contributed by atoms with Crippen LogP contribution in [0.5, 0.6) is 0 Å². The lowest BCUT2D eigenvalue weighted by molar-refractivity contribution is 0.0859. The quantitative estimate of drug-likeness (QED) is 0.260. The number of hydrazine groups is 1. The molecule has 8 nitrogen and oxygen atoms in total. The van der Waals surface area contributed by atoms with E-state index in [2.05, 4.69) is 15.3 Å². The summed E-state index contributed by atoms with van der Waals surface area (Å²) in [6.07, 6.45) is 3.67. The fourth-order valence-electron chi connectivity index (χ4n) is 4.74. The molecule has 1 aromatic carbocycles. The largest absolute Gasteiger partial charge is 0.464 e. The molecular formula is C25H24F3N5O3. The van der Waals surface area contributed by atoms with Gasteiger partial charge in [-0.15, -0.1) is 0 Å². The van der Waals surface area contributed by atoms with Gasteiger partial charge in [-0.1, -0.05) is 13.0 Å². The molecule has 1 saturated carbocycles. The summed E-state index contributed by atoms with van der Waals surface area (Å²) in [6, 6.07) is 6.60. The maximum Gasteiger partial charge on any atom is 0.421 e. The predicted octanol–water partition coefficient (Wildman–Crippen LogP) is 4.94. The monoisotopic (exact) mass is 499 g/mol. The Labute approximate surface area is 204 Å². The molecule has 2 heterocycles. The number of nitrogens with two attached hydrogens (primary N) is 1. The number of halogens is 3. The molecule has 4 rings (SSSR count). The number of rotatable bonds is 5. The first-order valence-electron chi connectivity index (χ1n) is 11.3. The Kier molecular flexibility index (Phi) is 7.20. The average molecular weight is 499 g/mol. The van der Waals surface area contributed by atoms with Gasteiger partial charge in [0.2, 0.25) is 0 Å². The minimum Gasteiger partial charge on any atom is -0.464 e. The van der Waals surface area contributed by atoms with Gasteiger partial charge >= 0.3 is 6.09 Å². The van der Waals surface area contributed by atoms with Crippen LogP contribution in [0.4, 0.5) is 23.7 Å². The molecule has 36 heavy (non-hydrogen) atoms. The van der Waals surface area contributed by atoms with Crippen LogP contribution < -0.4 is 11.2 Å². The first kappa shape index (κ1) is 25.1. The summed E-state index contributed by atoms with van der Waals surface area (Å²) in [5, 5.41) is 12.8. The SMILES string of the molecule is C[C@@H]1C[C@@H](c2ccncc2NC(=O)c2ccc(F)c(-c3c(F)cccc3F)n2)CCC1N(N)C(=O)O. The third-order valence-corrected chi connectivity index (χ3v) is 6.52. The van der Waals surface area contributed by atoms with Gasteiger partial charge in [0.05, 0.1) is 23.5 Å². The van der Waals surface area contributed by atoms with Crippen LogP contribution >= 0.6 is 0 Å². The summed E-state index contributed by atoms with van der Waals surface area (Å²) >= 11 is 0. The first-order chi connectivity index (χ1) is 17.2. The summed E-state index contributed by atoms with van der Waals surface area (Å²) in [4.78, 5) is 32.2. The van der Waals surface area contributed by atoms with Crippen molar-refractivity contribution in [1.82, 2.24) is 15.0 Å². The van der Waals surface area contributed by atoms with Crippen LogP contribution in [0.25, 0.3) is 11.3 Å². The smallest absolute Gasteiger partial charge is 0.421 e. The fourth-order valence-corrected chi connectivity index (χ4v) is 4.74. The predicted molar refractivity (Wildman–Crippen MR) is 125 cm³/mol. The van der Waals surface area contributed by atoms with Gasteiger partial charge in [-0.25, -0.2) is 33.8 Å². The number of amides is 2. The number of hydrogen-bond acceptors (Lipinski definition) is 5. The Balaban J connectivity index is 1.57. The van der Waals surface area contributed by atoms with Crippen LogP contribution in [-0.4, -0.2) is 38.1 Å². The third kappa shape index (κ3) is 5.01. The number of nitrogens with one attached hydrogen (secondary N) is 1. The Morgan fingerprint density at radius 3 is 2.47 bits per heavy atom. The zero-order chi connectivity index (χ0) is 26.0. The molecule has 4 N–H and O–H groups in total. The number of nitrogens with zero attached hydrogens (tertiary/aromatic N) is 3. The van der Waals surface area contributed by atoms with Crippen LogP contribution in [0.3, 0.4) is 0 Å². The summed E-state index contributed by atoms with van der Waals surface area (Å²) < 4.78 is 42.8. The molecular weight excluding hydrogens is 475 g/mol. The van der Waals surface area contributed by atoms with Crippen molar-refractivity contribution in [1.29, 1.82) is 0 Å². The van der Waals surface area contributed by atoms with Crippen molar-refractivity contribution < 1.29 is 27.9 Å². The second-order valence-corrected chi connectivity index (χ2v) is 8.79. The first-order valence-corrected chi connectivity index (χ1v) is 11.3. The molecule has 1 fully saturated rings. The Morgan fingerprint density at radius 2 is 1.81 bits per heavy atom. The molecule has 1 unspecified atom stereocenters. The number of carbonyl (C=O) groups excluding carboxylic acids is 1. The van der Waals surface area contributed by atoms with Gasteiger partial charge in [-0.3, -0.25) is 9.78 Å². The lowest BCUT2D eigenvalue weighted by Crippen LogP contribution is -2.49. The maximum atomic E-state index is 14.4. The van der Waals surface area contributed by atoms with E-state index in [4.69, 9.17) is 5.84 Å². The Morgan fingerprint density at radius 1 is 1.08 bits per heavy atom. The van der Waals surface area contributed by atoms with Crippen LogP contribution in [-0.2, 0) is 0 Å². The van der Waals surface area contributed by atoms with Gasteiger partial charge in [0, 0.05) is 6.20 Å². The van der Waals surface area contributed by atoms with Crippen LogP contribution in [0.15, 0.2) is 48.8 Å². The molecule has 1 aliphatic rings. The molecule has 11 heteroatoms. The molecule has 0 saturated heterocycles. The third-order valence-electron chi connectivity index (χ3n) is 6.52. The van der Waals surface area contributed by atoms with E-state index < -0.39 is 40.7 Å². The number of carbonyl (C=O) groups is 2. The summed E-state index contributed by atoms with van der Waals surface area (Å²) in [6.45, 7) is 1.92. The maximum absolute atomic E-state index is 14.4. The molecule has 3 aromatic rings. The highest BCUT2D eigenvalue weighted by Crippen LogP contribution is 2.40. The van der Waals surface area contributed by atoms with E-state index in [9.17, 15) is 27.9 Å². The summed E-state index contributed by atoms with van der Waals surface area (Å²) in [5.74, 6) is 1.98. The Bertz CT molecular complexity index is 1290. The van der Waals surface area contributed by atoms with Gasteiger partial charge < -0.3 is 10.4 Å². The topological polar surface area (TPSA) is 121 Å². The van der Waals surface area contributed by atoms with Gasteiger partial charge in [-0.05, 0) is 67.0 Å². The van der Waals surface area contributed by atoms with Crippen molar-refractivity contribution in [3.8, 4) is 11.3 Å². The molecule has 3 atom stereocenters. The van der Waals surface area contributed by atoms with E-state index in [0.717, 1.165) is 40.9 Å². The number of benzene rings is 1. The highest BCUT2D eigenvalue weighted by Gasteiger charge is 2.34. The van der Waals surface area contributed by atoms with Crippen molar-refractivity contribution >= 4 is 17.7 Å².